The molecule has 1 saturated heterocycles. The molecule has 0 amide bonds. The van der Waals surface area contributed by atoms with Crippen molar-refractivity contribution in [3.63, 3.8) is 0 Å². The number of aromatic nitrogens is 4. The lowest BCUT2D eigenvalue weighted by Crippen LogP contribution is -2.26. The van der Waals surface area contributed by atoms with Gasteiger partial charge in [0.25, 0.3) is 5.78 Å². The van der Waals surface area contributed by atoms with Crippen molar-refractivity contribution in [2.45, 2.75) is 26.4 Å². The average Bonchev–Trinajstić information content (AvgIpc) is 3.07. The molecular weight excluding hydrogens is 254 g/mol. The fraction of sp³-hybridized carbons (Fsp3) is 0.500. The zero-order chi connectivity index (χ0) is 14.1. The van der Waals surface area contributed by atoms with E-state index in [1.165, 1.54) is 0 Å². The molecule has 3 rings (SSSR count). The zero-order valence-electron chi connectivity index (χ0n) is 11.9. The van der Waals surface area contributed by atoms with Crippen LogP contribution in [0.25, 0.3) is 5.78 Å². The minimum absolute atomic E-state index is 0.249. The number of anilines is 1. The van der Waals surface area contributed by atoms with Crippen LogP contribution in [0.5, 0.6) is 0 Å². The zero-order valence-corrected chi connectivity index (χ0v) is 11.9. The number of hydrogen-bond donors (Lipinski definition) is 0. The molecule has 0 radical (unpaired) electrons. The summed E-state index contributed by atoms with van der Waals surface area (Å²) < 4.78 is 7.56. The van der Waals surface area contributed by atoms with Gasteiger partial charge in [0.05, 0.1) is 12.7 Å². The van der Waals surface area contributed by atoms with Crippen LogP contribution in [0.2, 0.25) is 0 Å². The maximum Gasteiger partial charge on any atom is 0.254 e. The van der Waals surface area contributed by atoms with Gasteiger partial charge in [-0.05, 0) is 20.3 Å². The first kappa shape index (κ1) is 13.1. The van der Waals surface area contributed by atoms with E-state index in [0.717, 1.165) is 36.6 Å². The van der Waals surface area contributed by atoms with E-state index in [9.17, 15) is 0 Å². The van der Waals surface area contributed by atoms with Gasteiger partial charge in [-0.3, -0.25) is 0 Å². The van der Waals surface area contributed by atoms with E-state index >= 15 is 0 Å². The molecule has 0 aromatic carbocycles. The monoisotopic (exact) mass is 273 g/mol. The minimum atomic E-state index is 0.249. The van der Waals surface area contributed by atoms with E-state index in [2.05, 4.69) is 33.5 Å². The molecule has 1 atom stereocenters. The minimum Gasteiger partial charge on any atom is -0.372 e. The summed E-state index contributed by atoms with van der Waals surface area (Å²) in [6, 6.07) is 0. The van der Waals surface area contributed by atoms with Gasteiger partial charge >= 0.3 is 0 Å². The summed E-state index contributed by atoms with van der Waals surface area (Å²) in [6.07, 6.45) is 4.61. The predicted octanol–water partition coefficient (Wildman–Crippen LogP) is 1.52. The number of fused-ring (bicyclic) bond motifs is 1. The number of hydrogen-bond acceptors (Lipinski definition) is 5. The quantitative estimate of drug-likeness (QED) is 0.791. The van der Waals surface area contributed by atoms with E-state index in [4.69, 9.17) is 4.74 Å². The Morgan fingerprint density at radius 1 is 1.50 bits per heavy atom. The second kappa shape index (κ2) is 5.20. The van der Waals surface area contributed by atoms with Crippen molar-refractivity contribution in [1.82, 2.24) is 19.6 Å². The molecule has 0 aliphatic carbocycles. The van der Waals surface area contributed by atoms with Crippen molar-refractivity contribution < 1.29 is 4.74 Å². The van der Waals surface area contributed by atoms with Gasteiger partial charge in [0, 0.05) is 24.3 Å². The van der Waals surface area contributed by atoms with Crippen molar-refractivity contribution in [2.75, 3.05) is 24.6 Å². The van der Waals surface area contributed by atoms with Gasteiger partial charge in [0.2, 0.25) is 0 Å². The number of aryl methyl sites for hydroxylation is 1. The first-order chi connectivity index (χ1) is 9.70. The third-order valence-corrected chi connectivity index (χ3v) is 3.77. The maximum atomic E-state index is 5.75. The van der Waals surface area contributed by atoms with Crippen LogP contribution < -0.4 is 4.90 Å². The third kappa shape index (κ3) is 2.16. The van der Waals surface area contributed by atoms with E-state index < -0.39 is 0 Å². The van der Waals surface area contributed by atoms with Crippen LogP contribution in [0.3, 0.4) is 0 Å². The molecule has 106 valence electrons. The molecule has 20 heavy (non-hydrogen) atoms. The van der Waals surface area contributed by atoms with Crippen molar-refractivity contribution >= 4 is 11.6 Å². The van der Waals surface area contributed by atoms with Gasteiger partial charge in [0.1, 0.15) is 12.1 Å². The molecule has 2 aromatic rings. The summed E-state index contributed by atoms with van der Waals surface area (Å²) in [6.45, 7) is 10.2. The largest absolute Gasteiger partial charge is 0.372 e. The van der Waals surface area contributed by atoms with Gasteiger partial charge in [0.15, 0.2) is 0 Å². The van der Waals surface area contributed by atoms with Gasteiger partial charge in [-0.2, -0.15) is 14.6 Å². The molecule has 0 bridgehead atoms. The first-order valence-electron chi connectivity index (χ1n) is 6.85. The van der Waals surface area contributed by atoms with Crippen molar-refractivity contribution in [3.8, 4) is 0 Å². The lowest BCUT2D eigenvalue weighted by Gasteiger charge is -2.22. The van der Waals surface area contributed by atoms with Crippen molar-refractivity contribution in [1.29, 1.82) is 0 Å². The van der Waals surface area contributed by atoms with Crippen LogP contribution in [-0.4, -0.2) is 45.4 Å². The molecule has 0 saturated carbocycles. The summed E-state index contributed by atoms with van der Waals surface area (Å²) in [5.41, 5.74) is 2.14. The van der Waals surface area contributed by atoms with E-state index in [-0.39, 0.29) is 6.10 Å². The summed E-state index contributed by atoms with van der Waals surface area (Å²) in [5, 5.41) is 4.30. The maximum absolute atomic E-state index is 5.75. The summed E-state index contributed by atoms with van der Waals surface area (Å²) >= 11 is 0. The molecule has 1 aliphatic rings. The first-order valence-corrected chi connectivity index (χ1v) is 6.85. The molecule has 6 heteroatoms. The molecule has 1 unspecified atom stereocenters. The van der Waals surface area contributed by atoms with Gasteiger partial charge in [-0.15, -0.1) is 6.58 Å². The van der Waals surface area contributed by atoms with E-state index in [1.54, 1.807) is 12.4 Å². The summed E-state index contributed by atoms with van der Waals surface area (Å²) in [5.74, 6) is 1.73. The van der Waals surface area contributed by atoms with Crippen LogP contribution >= 0.6 is 0 Å². The highest BCUT2D eigenvalue weighted by Gasteiger charge is 2.27. The highest BCUT2D eigenvalue weighted by Crippen LogP contribution is 2.26. The normalized spacial score (nSPS) is 18.9. The van der Waals surface area contributed by atoms with Crippen LogP contribution in [0.1, 0.15) is 17.7 Å². The Morgan fingerprint density at radius 2 is 2.35 bits per heavy atom. The third-order valence-electron chi connectivity index (χ3n) is 3.77. The van der Waals surface area contributed by atoms with Gasteiger partial charge in [-0.25, -0.2) is 4.98 Å². The lowest BCUT2D eigenvalue weighted by molar-refractivity contribution is 0.0908. The number of ether oxygens (including phenoxy) is 1. The van der Waals surface area contributed by atoms with Crippen LogP contribution in [0.4, 0.5) is 5.82 Å². The SMILES string of the molecule is C=CCOC1CCN(c2c(C)c(C)nc3ncnn23)C1. The second-order valence-electron chi connectivity index (χ2n) is 5.10. The Kier molecular flexibility index (Phi) is 3.40. The Labute approximate surface area is 118 Å². The second-order valence-corrected chi connectivity index (χ2v) is 5.10. The molecule has 2 aromatic heterocycles. The fourth-order valence-electron chi connectivity index (χ4n) is 2.65. The Hall–Kier alpha value is -1.95. The van der Waals surface area contributed by atoms with Crippen LogP contribution in [0.15, 0.2) is 19.0 Å². The molecule has 1 fully saturated rings. The Morgan fingerprint density at radius 3 is 3.15 bits per heavy atom. The molecule has 1 aliphatic heterocycles. The standard InChI is InChI=1S/C14H19N5O/c1-4-7-20-12-5-6-18(8-12)13-10(2)11(3)17-14-15-9-16-19(13)14/h4,9,12H,1,5-8H2,2-3H3. The Bertz CT molecular complexity index is 636. The number of nitrogens with zero attached hydrogens (tertiary/aromatic N) is 5. The Balaban J connectivity index is 1.92. The average molecular weight is 273 g/mol. The van der Waals surface area contributed by atoms with Crippen LogP contribution in [-0.2, 0) is 4.74 Å². The summed E-state index contributed by atoms with van der Waals surface area (Å²) in [7, 11) is 0. The van der Waals surface area contributed by atoms with Gasteiger partial charge < -0.3 is 9.64 Å². The van der Waals surface area contributed by atoms with Crippen LogP contribution in [0, 0.1) is 13.8 Å². The molecule has 0 N–H and O–H groups in total. The van der Waals surface area contributed by atoms with Gasteiger partial charge in [-0.1, -0.05) is 6.08 Å². The predicted molar refractivity (Wildman–Crippen MR) is 77.0 cm³/mol. The van der Waals surface area contributed by atoms with Crippen molar-refractivity contribution in [2.24, 2.45) is 0 Å². The topological polar surface area (TPSA) is 55.5 Å². The smallest absolute Gasteiger partial charge is 0.254 e. The van der Waals surface area contributed by atoms with Crippen molar-refractivity contribution in [3.05, 3.63) is 30.2 Å². The molecule has 3 heterocycles. The highest BCUT2D eigenvalue weighted by molar-refractivity contribution is 5.54. The molecular formula is C14H19N5O. The fourth-order valence-corrected chi connectivity index (χ4v) is 2.65. The summed E-state index contributed by atoms with van der Waals surface area (Å²) in [4.78, 5) is 10.9. The van der Waals surface area contributed by atoms with E-state index in [1.807, 2.05) is 11.4 Å². The molecule has 0 spiro atoms. The molecule has 6 nitrogen and oxygen atoms in total. The van der Waals surface area contributed by atoms with E-state index in [0.29, 0.717) is 12.4 Å². The number of rotatable bonds is 4. The lowest BCUT2D eigenvalue weighted by atomic mass is 10.2. The highest BCUT2D eigenvalue weighted by atomic mass is 16.5.